The molecule has 21 heavy (non-hydrogen) atoms. The topological polar surface area (TPSA) is 92.2 Å². The van der Waals surface area contributed by atoms with E-state index in [0.717, 1.165) is 77.0 Å². The molecule has 0 saturated heterocycles. The Morgan fingerprint density at radius 1 is 0.286 bits per heavy atom. The molecule has 0 fully saturated rings. The van der Waals surface area contributed by atoms with Crippen LogP contribution in [0.15, 0.2) is 0 Å². The smallest absolute Gasteiger partial charge is 0.854 e. The Labute approximate surface area is 145 Å². The second kappa shape index (κ2) is 28.7. The van der Waals surface area contributed by atoms with Gasteiger partial charge in [0.15, 0.2) is 0 Å². The van der Waals surface area contributed by atoms with Crippen molar-refractivity contribution in [2.45, 2.75) is 77.0 Å². The van der Waals surface area contributed by atoms with E-state index in [0.29, 0.717) is 0 Å². The van der Waals surface area contributed by atoms with E-state index in [9.17, 15) is 20.4 Å². The summed E-state index contributed by atoms with van der Waals surface area (Å²) in [5.41, 5.74) is 0. The second-order valence-corrected chi connectivity index (χ2v) is 5.06. The van der Waals surface area contributed by atoms with Gasteiger partial charge in [-0.05, 0) is 0 Å². The van der Waals surface area contributed by atoms with Crippen LogP contribution in [0, 0.1) is 0 Å². The Morgan fingerprint density at radius 2 is 0.429 bits per heavy atom. The molecule has 0 atom stereocenters. The van der Waals surface area contributed by atoms with E-state index in [-0.39, 0.29) is 48.1 Å². The third-order valence-corrected chi connectivity index (χ3v) is 3.08. The van der Waals surface area contributed by atoms with Crippen molar-refractivity contribution < 1.29 is 42.1 Å². The zero-order valence-electron chi connectivity index (χ0n) is 13.4. The third-order valence-electron chi connectivity index (χ3n) is 3.08. The van der Waals surface area contributed by atoms with E-state index in [1.807, 2.05) is 0 Å². The van der Waals surface area contributed by atoms with Crippen molar-refractivity contribution in [2.24, 2.45) is 0 Å². The maximum atomic E-state index is 9.97. The van der Waals surface area contributed by atoms with E-state index in [4.69, 9.17) is 0 Å². The summed E-state index contributed by atoms with van der Waals surface area (Å²) in [7, 11) is 0. The fraction of sp³-hybridized carbons (Fsp3) is 1.00. The van der Waals surface area contributed by atoms with Crippen LogP contribution in [0.2, 0.25) is 0 Å². The molecule has 0 bridgehead atoms. The summed E-state index contributed by atoms with van der Waals surface area (Å²) in [6.07, 6.45) is 11.9. The van der Waals surface area contributed by atoms with Crippen LogP contribution < -0.4 is 20.4 Å². The molecule has 0 spiro atoms. The molecule has 0 heterocycles. The summed E-state index contributed by atoms with van der Waals surface area (Å²) >= 11 is 0. The average Bonchev–Trinajstić information content (AvgIpc) is 2.47. The molecule has 5 heteroatoms. The first kappa shape index (κ1) is 26.5. The maximum absolute atomic E-state index is 9.97. The molecule has 0 radical (unpaired) electrons. The van der Waals surface area contributed by atoms with Crippen LogP contribution in [-0.4, -0.2) is 26.4 Å². The van der Waals surface area contributed by atoms with Crippen molar-refractivity contribution in [2.75, 3.05) is 26.4 Å². The molecule has 0 aliphatic heterocycles. The zero-order chi connectivity index (χ0) is 15.3. The van der Waals surface area contributed by atoms with Gasteiger partial charge in [-0.1, -0.05) is 77.0 Å². The van der Waals surface area contributed by atoms with Crippen LogP contribution in [0.4, 0.5) is 0 Å². The van der Waals surface area contributed by atoms with Crippen LogP contribution in [0.25, 0.3) is 0 Å². The summed E-state index contributed by atoms with van der Waals surface area (Å²) in [4.78, 5) is 0. The molecule has 0 aliphatic carbocycles. The van der Waals surface area contributed by atoms with Gasteiger partial charge in [-0.25, -0.2) is 0 Å². The first-order chi connectivity index (χ1) is 9.83. The van der Waals surface area contributed by atoms with E-state index < -0.39 is 0 Å². The van der Waals surface area contributed by atoms with Crippen molar-refractivity contribution in [3.8, 4) is 0 Å². The fourth-order valence-corrected chi connectivity index (χ4v) is 1.82. The molecular weight excluding hydrogens is 304 g/mol. The number of hydrogen-bond acceptors (Lipinski definition) is 4. The van der Waals surface area contributed by atoms with E-state index in [1.165, 1.54) is 0 Å². The first-order valence-electron chi connectivity index (χ1n) is 8.15. The van der Waals surface area contributed by atoms with Crippen molar-refractivity contribution >= 4 is 0 Å². The van der Waals surface area contributed by atoms with Gasteiger partial charge in [-0.2, -0.15) is 0 Å². The van der Waals surface area contributed by atoms with Gasteiger partial charge in [-0.15, -0.1) is 26.4 Å². The van der Waals surface area contributed by atoms with Gasteiger partial charge in [-0.3, -0.25) is 0 Å². The van der Waals surface area contributed by atoms with Crippen LogP contribution in [0.1, 0.15) is 77.0 Å². The Morgan fingerprint density at radius 3 is 0.571 bits per heavy atom. The molecule has 4 nitrogen and oxygen atoms in total. The Bertz CT molecular complexity index is 116. The molecule has 0 saturated carbocycles. The number of rotatable bonds is 14. The van der Waals surface area contributed by atoms with Gasteiger partial charge >= 0.3 is 21.7 Å². The predicted molar refractivity (Wildman–Crippen MR) is 74.9 cm³/mol. The fourth-order valence-electron chi connectivity index (χ4n) is 1.82. The largest absolute Gasteiger partial charge is 4.00 e. The van der Waals surface area contributed by atoms with Crippen LogP contribution >= 0.6 is 0 Å². The minimum Gasteiger partial charge on any atom is -0.854 e. The Balaban J connectivity index is -0.000000295. The van der Waals surface area contributed by atoms with Gasteiger partial charge in [0.2, 0.25) is 0 Å². The summed E-state index contributed by atoms with van der Waals surface area (Å²) in [5, 5.41) is 39.9. The van der Waals surface area contributed by atoms with E-state index in [1.54, 1.807) is 0 Å². The second-order valence-electron chi connectivity index (χ2n) is 5.06. The molecule has 124 valence electrons. The van der Waals surface area contributed by atoms with Gasteiger partial charge in [0.1, 0.15) is 0 Å². The SMILES string of the molecule is [O-]CCCCCCCC[O-].[O-]CCCCCCCC[O-].[Ti+4]. The summed E-state index contributed by atoms with van der Waals surface area (Å²) in [6, 6.07) is 0. The monoisotopic (exact) mass is 336 g/mol. The van der Waals surface area contributed by atoms with Crippen molar-refractivity contribution in [1.29, 1.82) is 0 Å². The summed E-state index contributed by atoms with van der Waals surface area (Å²) in [5.74, 6) is 0. The summed E-state index contributed by atoms with van der Waals surface area (Å²) < 4.78 is 0. The molecule has 0 aliphatic rings. The van der Waals surface area contributed by atoms with Gasteiger partial charge in [0, 0.05) is 0 Å². The standard InChI is InChI=1S/2C8H16O2.Ti/c2*9-7-5-3-1-2-4-6-8-10;/h2*1-8H2;/q2*-2;+4. The van der Waals surface area contributed by atoms with Gasteiger partial charge < -0.3 is 20.4 Å². The van der Waals surface area contributed by atoms with Gasteiger partial charge in [0.05, 0.1) is 0 Å². The predicted octanol–water partition coefficient (Wildman–Crippen LogP) is 0.0927. The van der Waals surface area contributed by atoms with Crippen molar-refractivity contribution in [1.82, 2.24) is 0 Å². The van der Waals surface area contributed by atoms with E-state index in [2.05, 4.69) is 0 Å². The van der Waals surface area contributed by atoms with Crippen LogP contribution in [0.5, 0.6) is 0 Å². The molecular formula is C16H32O4Ti. The Hall–Kier alpha value is 0.554. The first-order valence-corrected chi connectivity index (χ1v) is 8.15. The minimum absolute atomic E-state index is 0. The Kier molecular flexibility index (Phi) is 36.1. The minimum atomic E-state index is 0. The molecule has 0 aromatic rings. The average molecular weight is 336 g/mol. The summed E-state index contributed by atoms with van der Waals surface area (Å²) in [6.45, 7) is 0.228. The zero-order valence-corrected chi connectivity index (χ0v) is 15.0. The molecule has 0 unspecified atom stereocenters. The number of hydrogen-bond donors (Lipinski definition) is 0. The van der Waals surface area contributed by atoms with Crippen molar-refractivity contribution in [3.05, 3.63) is 0 Å². The normalized spacial score (nSPS) is 9.71. The molecule has 0 amide bonds. The number of unbranched alkanes of at least 4 members (excludes halogenated alkanes) is 10. The van der Waals surface area contributed by atoms with Crippen molar-refractivity contribution in [3.63, 3.8) is 0 Å². The van der Waals surface area contributed by atoms with Crippen LogP contribution in [-0.2, 0) is 21.7 Å². The molecule has 0 rings (SSSR count). The maximum Gasteiger partial charge on any atom is 4.00 e. The molecule has 0 aromatic heterocycles. The third kappa shape index (κ3) is 33.4. The van der Waals surface area contributed by atoms with Crippen LogP contribution in [0.3, 0.4) is 0 Å². The van der Waals surface area contributed by atoms with Gasteiger partial charge in [0.25, 0.3) is 0 Å². The quantitative estimate of drug-likeness (QED) is 0.332. The molecule has 0 aromatic carbocycles. The molecule has 0 N–H and O–H groups in total. The van der Waals surface area contributed by atoms with E-state index >= 15 is 0 Å².